The Morgan fingerprint density at radius 3 is 2.25 bits per heavy atom. The number of unbranched alkanes of at least 4 members (excludes halogenated alkanes) is 11. The van der Waals surface area contributed by atoms with Crippen LogP contribution in [0, 0.1) is 17.8 Å². The first kappa shape index (κ1) is 50.0. The third-order valence-corrected chi connectivity index (χ3v) is 12.3. The van der Waals surface area contributed by atoms with Crippen LogP contribution in [0.25, 0.3) is 0 Å². The van der Waals surface area contributed by atoms with Crippen molar-refractivity contribution in [2.24, 2.45) is 22.9 Å². The molecule has 0 radical (unpaired) electrons. The number of hydrogen-bond acceptors (Lipinski definition) is 10. The number of oxime groups is 1. The Labute approximate surface area is 366 Å². The summed E-state index contributed by atoms with van der Waals surface area (Å²) in [5, 5.41) is 27.6. The number of nitrogens with zero attached hydrogens (tertiary/aromatic N) is 2. The summed E-state index contributed by atoms with van der Waals surface area (Å²) in [7, 11) is 1.39. The molecule has 2 amide bonds. The first-order valence-electron chi connectivity index (χ1n) is 23.5. The third-order valence-electron chi connectivity index (χ3n) is 12.3. The molecule has 0 bridgehead atoms. The van der Waals surface area contributed by atoms with Gasteiger partial charge in [0, 0.05) is 44.2 Å². The van der Waals surface area contributed by atoms with Crippen molar-refractivity contribution >= 4 is 17.9 Å². The highest BCUT2D eigenvalue weighted by Gasteiger charge is 2.65. The van der Waals surface area contributed by atoms with Gasteiger partial charge >= 0.3 is 12.2 Å². The van der Waals surface area contributed by atoms with Gasteiger partial charge in [-0.3, -0.25) is 4.90 Å². The molecule has 1 aromatic rings. The van der Waals surface area contributed by atoms with Gasteiger partial charge in [0.2, 0.25) is 5.79 Å². The second kappa shape index (κ2) is 25.5. The Bertz CT molecular complexity index is 1570. The third kappa shape index (κ3) is 13.9. The van der Waals surface area contributed by atoms with Gasteiger partial charge in [-0.2, -0.15) is 0 Å². The lowest BCUT2D eigenvalue weighted by molar-refractivity contribution is -0.255. The van der Waals surface area contributed by atoms with Gasteiger partial charge in [-0.05, 0) is 94.9 Å². The zero-order chi connectivity index (χ0) is 44.3. The second-order valence-corrected chi connectivity index (χ2v) is 18.1. The average Bonchev–Trinajstić information content (AvgIpc) is 3.24. The number of benzene rings is 1. The second-order valence-electron chi connectivity index (χ2n) is 18.1. The highest BCUT2D eigenvalue weighted by atomic mass is 16.7. The standard InChI is InChI=1S/C49H79N3O9/c1-8-11-12-13-14-15-16-17-18-21-28-50-46(55)59-37-26-27-42-40(34-37)44-38(25-20-23-31-54)36(24-19-22-30-53)33-39-41(51-61-48(4,5)6)35-43(52(29-9-2)47(56)57-7)49(60-42,45(39)44)58-32-10-3/h10,26-27,33-34,36,38,43-45,53-54H,3,8-9,11-25,28-32,35H2,1-2,4-7H3,(H,50,55). The number of nitrogens with one attached hydrogen (secondary N) is 1. The largest absolute Gasteiger partial charge is 0.459 e. The molecular weight excluding hydrogens is 775 g/mol. The molecule has 6 unspecified atom stereocenters. The fourth-order valence-electron chi connectivity index (χ4n) is 9.58. The number of allylic oxidation sites excluding steroid dienone is 1. The van der Waals surface area contributed by atoms with Crippen LogP contribution >= 0.6 is 0 Å². The first-order valence-corrected chi connectivity index (χ1v) is 23.5. The van der Waals surface area contributed by atoms with Crippen LogP contribution in [0.3, 0.4) is 0 Å². The van der Waals surface area contributed by atoms with E-state index < -0.39 is 35.5 Å². The maximum atomic E-state index is 13.8. The highest BCUT2D eigenvalue weighted by Crippen LogP contribution is 2.62. The van der Waals surface area contributed by atoms with Crippen molar-refractivity contribution in [1.82, 2.24) is 10.2 Å². The molecule has 0 saturated heterocycles. The summed E-state index contributed by atoms with van der Waals surface area (Å²) in [5.41, 5.74) is 1.95. The van der Waals surface area contributed by atoms with Crippen molar-refractivity contribution in [1.29, 1.82) is 0 Å². The number of carbonyl (C=O) groups excluding carboxylic acids is 2. The molecule has 4 rings (SSSR count). The number of aliphatic hydroxyl groups excluding tert-OH is 2. The predicted molar refractivity (Wildman–Crippen MR) is 241 cm³/mol. The lowest BCUT2D eigenvalue weighted by Gasteiger charge is -2.59. The van der Waals surface area contributed by atoms with Gasteiger partial charge < -0.3 is 39.3 Å². The first-order chi connectivity index (χ1) is 29.5. The SMILES string of the molecule is C=CCOC12Oc3ccc(OC(=O)NCCCCCCCCCCCC)cc3C3C(CCCCO)C(CCCCO)C=C(C(=NOC(C)(C)C)CC1N(CCC)C(=O)OC)C32. The lowest BCUT2D eigenvalue weighted by atomic mass is 9.55. The van der Waals surface area contributed by atoms with Crippen LogP contribution in [0.2, 0.25) is 0 Å². The van der Waals surface area contributed by atoms with Crippen LogP contribution in [-0.4, -0.2) is 90.5 Å². The zero-order valence-electron chi connectivity index (χ0n) is 38.4. The van der Waals surface area contributed by atoms with Gasteiger partial charge in [0.05, 0.1) is 25.3 Å². The van der Waals surface area contributed by atoms with Crippen molar-refractivity contribution in [3.05, 3.63) is 48.1 Å². The average molecular weight is 854 g/mol. The quantitative estimate of drug-likeness (QED) is 0.0447. The maximum absolute atomic E-state index is 13.8. The number of hydrogen-bond donors (Lipinski definition) is 3. The topological polar surface area (TPSA) is 148 Å². The number of carbonyl (C=O) groups is 2. The van der Waals surface area contributed by atoms with E-state index in [9.17, 15) is 19.8 Å². The number of fused-ring (bicyclic) bond motifs is 2. The molecule has 12 heteroatoms. The minimum atomic E-state index is -1.39. The molecule has 2 aliphatic carbocycles. The van der Waals surface area contributed by atoms with E-state index in [0.717, 1.165) is 56.1 Å². The number of rotatable bonds is 27. The summed E-state index contributed by atoms with van der Waals surface area (Å²) in [4.78, 5) is 34.9. The Morgan fingerprint density at radius 2 is 1.62 bits per heavy atom. The van der Waals surface area contributed by atoms with Crippen molar-refractivity contribution in [3.8, 4) is 11.5 Å². The van der Waals surface area contributed by atoms with Crippen LogP contribution in [0.15, 0.2) is 47.7 Å². The van der Waals surface area contributed by atoms with Crippen LogP contribution in [-0.2, 0) is 14.3 Å². The summed E-state index contributed by atoms with van der Waals surface area (Å²) in [6.45, 7) is 15.4. The molecule has 1 heterocycles. The van der Waals surface area contributed by atoms with E-state index in [1.165, 1.54) is 52.1 Å². The molecule has 344 valence electrons. The number of aliphatic hydroxyl groups is 2. The van der Waals surface area contributed by atoms with E-state index in [0.29, 0.717) is 49.6 Å². The van der Waals surface area contributed by atoms with Gasteiger partial charge in [-0.25, -0.2) is 9.59 Å². The number of methoxy groups -OCH3 is 1. The van der Waals surface area contributed by atoms with Gasteiger partial charge in [-0.15, -0.1) is 6.58 Å². The van der Waals surface area contributed by atoms with E-state index in [1.54, 1.807) is 17.0 Å². The molecule has 1 aliphatic heterocycles. The monoisotopic (exact) mass is 854 g/mol. The van der Waals surface area contributed by atoms with E-state index in [1.807, 2.05) is 39.8 Å². The summed E-state index contributed by atoms with van der Waals surface area (Å²) in [5.74, 6) is -1.00. The Hall–Kier alpha value is -3.61. The van der Waals surface area contributed by atoms with Crippen LogP contribution in [0.1, 0.15) is 162 Å². The Balaban J connectivity index is 1.77. The molecule has 6 atom stereocenters. The Kier molecular flexibility index (Phi) is 20.9. The van der Waals surface area contributed by atoms with Gasteiger partial charge in [0.15, 0.2) is 0 Å². The highest BCUT2D eigenvalue weighted by molar-refractivity contribution is 6.03. The molecule has 1 aromatic carbocycles. The summed E-state index contributed by atoms with van der Waals surface area (Å²) in [6.07, 6.45) is 20.7. The molecule has 3 N–H and O–H groups in total. The summed E-state index contributed by atoms with van der Waals surface area (Å²) < 4.78 is 25.6. The smallest absolute Gasteiger partial charge is 0.412 e. The molecule has 1 fully saturated rings. The predicted octanol–water partition coefficient (Wildman–Crippen LogP) is 10.6. The molecule has 1 saturated carbocycles. The fraction of sp³-hybridized carbons (Fsp3) is 0.735. The molecule has 0 aromatic heterocycles. The van der Waals surface area contributed by atoms with Crippen molar-refractivity contribution in [2.45, 2.75) is 174 Å². The molecule has 3 aliphatic rings. The van der Waals surface area contributed by atoms with E-state index in [-0.39, 0.29) is 44.0 Å². The van der Waals surface area contributed by atoms with Crippen molar-refractivity contribution in [3.63, 3.8) is 0 Å². The minimum Gasteiger partial charge on any atom is -0.459 e. The fourth-order valence-corrected chi connectivity index (χ4v) is 9.58. The molecular formula is C49H79N3O9. The van der Waals surface area contributed by atoms with Crippen LogP contribution in [0.5, 0.6) is 11.5 Å². The van der Waals surface area contributed by atoms with Crippen molar-refractivity contribution < 1.29 is 43.6 Å². The van der Waals surface area contributed by atoms with E-state index >= 15 is 0 Å². The van der Waals surface area contributed by atoms with Gasteiger partial charge in [0.25, 0.3) is 0 Å². The van der Waals surface area contributed by atoms with Crippen molar-refractivity contribution in [2.75, 3.05) is 40.0 Å². The van der Waals surface area contributed by atoms with Crippen LogP contribution < -0.4 is 14.8 Å². The van der Waals surface area contributed by atoms with E-state index in [4.69, 9.17) is 28.9 Å². The molecule has 0 spiro atoms. The van der Waals surface area contributed by atoms with Gasteiger partial charge in [0.1, 0.15) is 23.1 Å². The minimum absolute atomic E-state index is 0.0371. The Morgan fingerprint density at radius 1 is 0.951 bits per heavy atom. The zero-order valence-corrected chi connectivity index (χ0v) is 38.4. The lowest BCUT2D eigenvalue weighted by Crippen LogP contribution is -2.70. The summed E-state index contributed by atoms with van der Waals surface area (Å²) in [6, 6.07) is 4.87. The van der Waals surface area contributed by atoms with Gasteiger partial charge in [-0.1, -0.05) is 102 Å². The number of ether oxygens (including phenoxy) is 4. The van der Waals surface area contributed by atoms with Crippen LogP contribution in [0.4, 0.5) is 9.59 Å². The number of amides is 2. The molecule has 61 heavy (non-hydrogen) atoms. The maximum Gasteiger partial charge on any atom is 0.412 e. The molecule has 12 nitrogen and oxygen atoms in total. The normalized spacial score (nSPS) is 23.6. The van der Waals surface area contributed by atoms with E-state index in [2.05, 4.69) is 24.9 Å². The summed E-state index contributed by atoms with van der Waals surface area (Å²) >= 11 is 0.